The van der Waals surface area contributed by atoms with Crippen LogP contribution in [-0.4, -0.2) is 30.7 Å². The van der Waals surface area contributed by atoms with Crippen LogP contribution in [0.1, 0.15) is 10.4 Å². The molecule has 0 saturated carbocycles. The van der Waals surface area contributed by atoms with Crippen LogP contribution in [0.3, 0.4) is 0 Å². The minimum atomic E-state index is -4.24. The van der Waals surface area contributed by atoms with E-state index in [0.717, 1.165) is 36.4 Å². The molecule has 0 radical (unpaired) electrons. The molecule has 0 amide bonds. The highest BCUT2D eigenvalue weighted by atomic mass is 32.2. The molecular weight excluding hydrogens is 431 g/mol. The number of nitrogens with one attached hydrogen (secondary N) is 2. The second kappa shape index (κ2) is 9.11. The van der Waals surface area contributed by atoms with Gasteiger partial charge in [-0.3, -0.25) is 4.79 Å². The fourth-order valence-electron chi connectivity index (χ4n) is 2.77. The van der Waals surface area contributed by atoms with Crippen LogP contribution in [0.4, 0.5) is 13.2 Å². The molecule has 6 nitrogen and oxygen atoms in total. The van der Waals surface area contributed by atoms with Gasteiger partial charge >= 0.3 is 0 Å². The Morgan fingerprint density at radius 2 is 1.90 bits per heavy atom. The third-order valence-electron chi connectivity index (χ3n) is 4.24. The Morgan fingerprint density at radius 3 is 2.58 bits per heavy atom. The zero-order valence-electron chi connectivity index (χ0n) is 15.9. The Morgan fingerprint density at radius 1 is 1.19 bits per heavy atom. The monoisotopic (exact) mass is 447 g/mol. The van der Waals surface area contributed by atoms with Gasteiger partial charge in [0, 0.05) is 23.3 Å². The highest BCUT2D eigenvalue weighted by Crippen LogP contribution is 2.26. The molecule has 0 unspecified atom stereocenters. The minimum Gasteiger partial charge on any atom is -0.345 e. The van der Waals surface area contributed by atoms with E-state index in [-0.39, 0.29) is 10.5 Å². The number of rotatable bonds is 8. The van der Waals surface area contributed by atoms with Crippen LogP contribution in [0.5, 0.6) is 0 Å². The Hall–Kier alpha value is -3.50. The maximum Gasteiger partial charge on any atom is 0.240 e. The van der Waals surface area contributed by atoms with E-state index in [2.05, 4.69) is 16.5 Å². The average molecular weight is 447 g/mol. The number of Topliss-reactive ketones (excluding diaryl/α,β-unsaturated/α-hetero) is 1. The number of nitrogens with zero attached hydrogens (tertiary/aromatic N) is 1. The zero-order chi connectivity index (χ0) is 22.6. The molecule has 0 atom stereocenters. The van der Waals surface area contributed by atoms with Gasteiger partial charge in [0.15, 0.2) is 0 Å². The predicted octanol–water partition coefficient (Wildman–Crippen LogP) is 4.13. The number of aromatic amines is 1. The van der Waals surface area contributed by atoms with Crippen LogP contribution < -0.4 is 4.72 Å². The maximum atomic E-state index is 14.9. The van der Waals surface area contributed by atoms with Gasteiger partial charge in [0.2, 0.25) is 15.8 Å². The molecule has 3 aromatic rings. The van der Waals surface area contributed by atoms with Crippen molar-refractivity contribution in [3.8, 4) is 0 Å². The number of halogens is 3. The third-order valence-corrected chi connectivity index (χ3v) is 5.66. The summed E-state index contributed by atoms with van der Waals surface area (Å²) >= 11 is 0. The van der Waals surface area contributed by atoms with Gasteiger partial charge in [0.05, 0.1) is 17.0 Å². The number of hydrogen-bond donors (Lipinski definition) is 2. The number of carbonyl (C=O) groups is 1. The van der Waals surface area contributed by atoms with Crippen LogP contribution in [0.15, 0.2) is 89.6 Å². The van der Waals surface area contributed by atoms with Gasteiger partial charge in [-0.15, -0.1) is 0 Å². The van der Waals surface area contributed by atoms with Crippen molar-refractivity contribution in [3.05, 3.63) is 96.1 Å². The number of benzene rings is 1. The van der Waals surface area contributed by atoms with Crippen molar-refractivity contribution in [1.29, 1.82) is 0 Å². The second-order valence-electron chi connectivity index (χ2n) is 6.24. The van der Waals surface area contributed by atoms with Gasteiger partial charge in [-0.2, -0.15) is 0 Å². The van der Waals surface area contributed by atoms with E-state index in [9.17, 15) is 26.4 Å². The van der Waals surface area contributed by atoms with E-state index in [1.165, 1.54) is 12.4 Å². The summed E-state index contributed by atoms with van der Waals surface area (Å²) in [6, 6.07) is 6.93. The first-order valence-electron chi connectivity index (χ1n) is 8.84. The third kappa shape index (κ3) is 4.81. The van der Waals surface area contributed by atoms with Gasteiger partial charge in [0.25, 0.3) is 0 Å². The van der Waals surface area contributed by atoms with Crippen molar-refractivity contribution >= 4 is 26.8 Å². The summed E-state index contributed by atoms with van der Waals surface area (Å²) < 4.78 is 69.0. The van der Waals surface area contributed by atoms with Crippen LogP contribution in [-0.2, 0) is 10.0 Å². The number of allylic oxidation sites excluding steroid dienone is 4. The van der Waals surface area contributed by atoms with Crippen molar-refractivity contribution in [1.82, 2.24) is 14.7 Å². The Bertz CT molecular complexity index is 1310. The molecule has 0 saturated heterocycles. The van der Waals surface area contributed by atoms with E-state index in [4.69, 9.17) is 0 Å². The summed E-state index contributed by atoms with van der Waals surface area (Å²) in [6.07, 6.45) is 4.55. The number of fused-ring (bicyclic) bond motifs is 1. The number of sulfonamides is 1. The lowest BCUT2D eigenvalue weighted by molar-refractivity contribution is 0.103. The molecule has 10 heteroatoms. The summed E-state index contributed by atoms with van der Waals surface area (Å²) in [5.41, 5.74) is -0.649. The first-order valence-corrected chi connectivity index (χ1v) is 10.3. The average Bonchev–Trinajstić information content (AvgIpc) is 3.17. The lowest BCUT2D eigenvalue weighted by Crippen LogP contribution is -2.26. The van der Waals surface area contributed by atoms with Gasteiger partial charge in [-0.1, -0.05) is 12.7 Å². The number of hydrogen-bond acceptors (Lipinski definition) is 4. The fraction of sp³-hybridized carbons (Fsp3) is 0.0476. The lowest BCUT2D eigenvalue weighted by Gasteiger charge is -2.09. The first-order chi connectivity index (χ1) is 14.7. The molecule has 2 aromatic heterocycles. The molecule has 160 valence electrons. The topological polar surface area (TPSA) is 91.9 Å². The van der Waals surface area contributed by atoms with Crippen LogP contribution in [0.2, 0.25) is 0 Å². The summed E-state index contributed by atoms with van der Waals surface area (Å²) in [5, 5.41) is 0.344. The number of H-pyrrole nitrogens is 1. The molecule has 1 aromatic carbocycles. The largest absolute Gasteiger partial charge is 0.345 e. The van der Waals surface area contributed by atoms with E-state index in [0.29, 0.717) is 11.0 Å². The standard InChI is InChI=1S/C21H16F3N3O3S/c1-2-4-17(23)19(20(28)16-11-26-21-15(16)5-3-10-25-21)18(24)12-27-31(29,30)14-8-6-13(22)7-9-14/h2-11,27H,1,12H2,(H,25,26)/b17-4+,19-18-. The molecule has 0 aliphatic heterocycles. The molecular formula is C21H16F3N3O3S. The molecule has 0 aliphatic rings. The number of aromatic nitrogens is 2. The fourth-order valence-corrected chi connectivity index (χ4v) is 3.75. The summed E-state index contributed by atoms with van der Waals surface area (Å²) in [4.78, 5) is 19.4. The molecule has 31 heavy (non-hydrogen) atoms. The van der Waals surface area contributed by atoms with Gasteiger partial charge in [0.1, 0.15) is 23.1 Å². The van der Waals surface area contributed by atoms with Crippen molar-refractivity contribution in [2.75, 3.05) is 6.54 Å². The van der Waals surface area contributed by atoms with Crippen molar-refractivity contribution < 1.29 is 26.4 Å². The quantitative estimate of drug-likeness (QED) is 0.309. The normalized spacial score (nSPS) is 13.2. The zero-order valence-corrected chi connectivity index (χ0v) is 16.7. The van der Waals surface area contributed by atoms with E-state index < -0.39 is 45.4 Å². The molecule has 3 rings (SSSR count). The second-order valence-corrected chi connectivity index (χ2v) is 8.01. The summed E-state index contributed by atoms with van der Waals surface area (Å²) in [5.74, 6) is -4.22. The summed E-state index contributed by atoms with van der Waals surface area (Å²) in [7, 11) is -4.24. The van der Waals surface area contributed by atoms with E-state index >= 15 is 0 Å². The SMILES string of the molecule is C=C/C=C(F)\C(C(=O)c1c[nH]c2ncccc12)=C(\F)CNS(=O)(=O)c1ccc(F)cc1. The molecule has 0 aliphatic carbocycles. The predicted molar refractivity (Wildman–Crippen MR) is 110 cm³/mol. The van der Waals surface area contributed by atoms with Crippen LogP contribution in [0.25, 0.3) is 11.0 Å². The number of ketones is 1. The molecule has 0 spiro atoms. The number of pyridine rings is 1. The smallest absolute Gasteiger partial charge is 0.240 e. The Kier molecular flexibility index (Phi) is 6.52. The number of carbonyl (C=O) groups excluding carboxylic acids is 1. The highest BCUT2D eigenvalue weighted by molar-refractivity contribution is 7.89. The van der Waals surface area contributed by atoms with Crippen LogP contribution >= 0.6 is 0 Å². The van der Waals surface area contributed by atoms with Gasteiger partial charge in [-0.05, 0) is 42.5 Å². The molecule has 2 heterocycles. The highest BCUT2D eigenvalue weighted by Gasteiger charge is 2.25. The van der Waals surface area contributed by atoms with Crippen molar-refractivity contribution in [2.45, 2.75) is 4.90 Å². The molecule has 2 N–H and O–H groups in total. The Labute approximate surface area is 175 Å². The van der Waals surface area contributed by atoms with Crippen molar-refractivity contribution in [2.24, 2.45) is 0 Å². The van der Waals surface area contributed by atoms with E-state index in [1.807, 2.05) is 4.72 Å². The first kappa shape index (κ1) is 22.2. The van der Waals surface area contributed by atoms with Crippen molar-refractivity contribution in [3.63, 3.8) is 0 Å². The van der Waals surface area contributed by atoms with Gasteiger partial charge < -0.3 is 4.98 Å². The minimum absolute atomic E-state index is 0.0396. The maximum absolute atomic E-state index is 14.9. The van der Waals surface area contributed by atoms with E-state index in [1.54, 1.807) is 12.1 Å². The van der Waals surface area contributed by atoms with Crippen LogP contribution in [0, 0.1) is 5.82 Å². The Balaban J connectivity index is 1.97. The summed E-state index contributed by atoms with van der Waals surface area (Å²) in [6.45, 7) is 2.32. The lowest BCUT2D eigenvalue weighted by atomic mass is 10.0. The molecule has 0 bridgehead atoms. The van der Waals surface area contributed by atoms with Gasteiger partial charge in [-0.25, -0.2) is 31.3 Å². The molecule has 0 fully saturated rings.